The molecule has 32 heavy (non-hydrogen) atoms. The molecule has 0 unspecified atom stereocenters. The van der Waals surface area contributed by atoms with E-state index in [0.29, 0.717) is 5.69 Å². The molecule has 1 aromatic rings. The number of carbonyl (C=O) groups is 2. The van der Waals surface area contributed by atoms with Crippen molar-refractivity contribution in [1.29, 1.82) is 0 Å². The number of fused-ring (bicyclic) bond motifs is 1. The smallest absolute Gasteiger partial charge is 0.321 e. The number of hydrogen-bond acceptors (Lipinski definition) is 8. The quantitative estimate of drug-likeness (QED) is 0.656. The Bertz CT molecular complexity index is 861. The Morgan fingerprint density at radius 3 is 2.34 bits per heavy atom. The van der Waals surface area contributed by atoms with Gasteiger partial charge in [-0.3, -0.25) is 4.79 Å². The second-order valence-corrected chi connectivity index (χ2v) is 9.06. The van der Waals surface area contributed by atoms with Crippen molar-refractivity contribution in [3.8, 4) is 0 Å². The maximum Gasteiger partial charge on any atom is 0.321 e. The third kappa shape index (κ3) is 4.60. The minimum Gasteiger partial charge on any atom is -0.469 e. The highest BCUT2D eigenvalue weighted by Crippen LogP contribution is 2.47. The summed E-state index contributed by atoms with van der Waals surface area (Å²) in [4.78, 5) is 25.3. The topological polar surface area (TPSA) is 114 Å². The zero-order chi connectivity index (χ0) is 23.1. The van der Waals surface area contributed by atoms with Gasteiger partial charge < -0.3 is 39.1 Å². The summed E-state index contributed by atoms with van der Waals surface area (Å²) in [6.07, 6.45) is -2.79. The summed E-state index contributed by atoms with van der Waals surface area (Å²) in [6.45, 7) is 7.43. The van der Waals surface area contributed by atoms with Crippen molar-refractivity contribution >= 4 is 17.7 Å². The third-order valence-corrected chi connectivity index (χ3v) is 5.65. The van der Waals surface area contributed by atoms with Crippen LogP contribution in [0.15, 0.2) is 30.3 Å². The molecule has 2 N–H and O–H groups in total. The number of urea groups is 1. The van der Waals surface area contributed by atoms with Crippen LogP contribution < -0.4 is 10.6 Å². The first-order valence-corrected chi connectivity index (χ1v) is 10.6. The molecule has 0 spiro atoms. The van der Waals surface area contributed by atoms with E-state index >= 15 is 0 Å². The Balaban J connectivity index is 1.63. The molecule has 1 aromatic carbocycles. The van der Waals surface area contributed by atoms with E-state index in [1.54, 1.807) is 38.1 Å². The Labute approximate surface area is 186 Å². The zero-order valence-electron chi connectivity index (χ0n) is 18.9. The van der Waals surface area contributed by atoms with Crippen LogP contribution in [0.4, 0.5) is 10.5 Å². The van der Waals surface area contributed by atoms with E-state index in [1.165, 1.54) is 7.11 Å². The number of methoxy groups -OCH3 is 1. The van der Waals surface area contributed by atoms with Crippen molar-refractivity contribution in [1.82, 2.24) is 5.32 Å². The fourth-order valence-corrected chi connectivity index (χ4v) is 4.38. The van der Waals surface area contributed by atoms with Crippen LogP contribution in [0.3, 0.4) is 0 Å². The standard InChI is InChI=1S/C22H30N2O8/c1-20(2)28-12-14(29-20)16-17-18(32-21(3,4)30-17)22(31-16,11-15(25)27-5)24-19(26)23-13-9-7-6-8-10-13/h6-10,14,16-18H,11-12H2,1-5H3,(H2,23,24,26)/t14-,16+,17-,18-,22-/m1/s1. The lowest BCUT2D eigenvalue weighted by Gasteiger charge is -2.35. The SMILES string of the molecule is COC(=O)C[C@@]1(NC(=O)Nc2ccccc2)O[C@@H]([C@H]2COC(C)(C)O2)[C@H]2OC(C)(C)O[C@H]21. The maximum absolute atomic E-state index is 12.9. The molecule has 3 aliphatic heterocycles. The highest BCUT2D eigenvalue weighted by atomic mass is 16.8. The molecule has 3 aliphatic rings. The highest BCUT2D eigenvalue weighted by molar-refractivity contribution is 5.90. The number of nitrogens with one attached hydrogen (secondary N) is 2. The van der Waals surface area contributed by atoms with Gasteiger partial charge in [0.1, 0.15) is 24.4 Å². The fraction of sp³-hybridized carbons (Fsp3) is 0.636. The van der Waals surface area contributed by atoms with E-state index in [1.807, 2.05) is 19.9 Å². The summed E-state index contributed by atoms with van der Waals surface area (Å²) in [5.41, 5.74) is -0.951. The van der Waals surface area contributed by atoms with E-state index in [9.17, 15) is 9.59 Å². The lowest BCUT2D eigenvalue weighted by Crippen LogP contribution is -2.59. The molecule has 10 nitrogen and oxygen atoms in total. The zero-order valence-corrected chi connectivity index (χ0v) is 18.9. The molecule has 10 heteroatoms. The van der Waals surface area contributed by atoms with Gasteiger partial charge in [-0.2, -0.15) is 0 Å². The van der Waals surface area contributed by atoms with Gasteiger partial charge in [0.15, 0.2) is 17.3 Å². The van der Waals surface area contributed by atoms with E-state index in [4.69, 9.17) is 28.4 Å². The molecule has 0 radical (unpaired) electrons. The number of amides is 2. The van der Waals surface area contributed by atoms with Crippen LogP contribution in [0, 0.1) is 0 Å². The van der Waals surface area contributed by atoms with Crippen LogP contribution in [0.2, 0.25) is 0 Å². The van der Waals surface area contributed by atoms with Crippen molar-refractivity contribution in [2.75, 3.05) is 19.0 Å². The molecule has 176 valence electrons. The first-order chi connectivity index (χ1) is 15.0. The van der Waals surface area contributed by atoms with Gasteiger partial charge in [0.2, 0.25) is 0 Å². The van der Waals surface area contributed by atoms with Gasteiger partial charge in [-0.1, -0.05) is 18.2 Å². The van der Waals surface area contributed by atoms with Crippen molar-refractivity contribution in [2.24, 2.45) is 0 Å². The van der Waals surface area contributed by atoms with E-state index in [0.717, 1.165) is 0 Å². The first kappa shape index (κ1) is 22.9. The molecule has 0 bridgehead atoms. The largest absolute Gasteiger partial charge is 0.469 e. The third-order valence-electron chi connectivity index (χ3n) is 5.65. The van der Waals surface area contributed by atoms with Gasteiger partial charge in [-0.05, 0) is 39.8 Å². The fourth-order valence-electron chi connectivity index (χ4n) is 4.38. The number of rotatable bonds is 5. The summed E-state index contributed by atoms with van der Waals surface area (Å²) >= 11 is 0. The average Bonchev–Trinajstić information content (AvgIpc) is 3.32. The number of anilines is 1. The van der Waals surface area contributed by atoms with Gasteiger partial charge in [-0.25, -0.2) is 4.79 Å². The van der Waals surface area contributed by atoms with Crippen molar-refractivity contribution in [2.45, 2.75) is 75.8 Å². The second kappa shape index (κ2) is 8.27. The Morgan fingerprint density at radius 2 is 1.72 bits per heavy atom. The summed E-state index contributed by atoms with van der Waals surface area (Å²) < 4.78 is 35.2. The van der Waals surface area contributed by atoms with Gasteiger partial charge in [0.05, 0.1) is 20.1 Å². The van der Waals surface area contributed by atoms with Crippen molar-refractivity contribution < 1.29 is 38.0 Å². The summed E-state index contributed by atoms with van der Waals surface area (Å²) in [7, 11) is 1.27. The van der Waals surface area contributed by atoms with Gasteiger partial charge in [-0.15, -0.1) is 0 Å². The molecule has 5 atom stereocenters. The lowest BCUT2D eigenvalue weighted by molar-refractivity contribution is -0.232. The number of hydrogen-bond donors (Lipinski definition) is 2. The summed E-state index contributed by atoms with van der Waals surface area (Å²) in [6, 6.07) is 8.38. The monoisotopic (exact) mass is 450 g/mol. The van der Waals surface area contributed by atoms with Crippen LogP contribution in [-0.4, -0.2) is 67.4 Å². The van der Waals surface area contributed by atoms with Gasteiger partial charge in [0.25, 0.3) is 0 Å². The molecule has 3 saturated heterocycles. The molecular formula is C22H30N2O8. The van der Waals surface area contributed by atoms with Crippen LogP contribution in [0.1, 0.15) is 34.1 Å². The molecule has 0 saturated carbocycles. The highest BCUT2D eigenvalue weighted by Gasteiger charge is 2.66. The molecule has 3 fully saturated rings. The normalized spacial score (nSPS) is 34.7. The van der Waals surface area contributed by atoms with E-state index < -0.39 is 53.7 Å². The number of benzene rings is 1. The average molecular weight is 450 g/mol. The molecule has 2 amide bonds. The van der Waals surface area contributed by atoms with Crippen LogP contribution in [0.5, 0.6) is 0 Å². The molecule has 0 aromatic heterocycles. The predicted molar refractivity (Wildman–Crippen MR) is 112 cm³/mol. The Morgan fingerprint density at radius 1 is 1.00 bits per heavy atom. The minimum atomic E-state index is -1.54. The Hall–Kier alpha value is -2.24. The number of carbonyl (C=O) groups excluding carboxylic acids is 2. The molecule has 3 heterocycles. The van der Waals surface area contributed by atoms with Gasteiger partial charge in [0, 0.05) is 5.69 Å². The maximum atomic E-state index is 12.9. The van der Waals surface area contributed by atoms with Crippen molar-refractivity contribution in [3.63, 3.8) is 0 Å². The summed E-state index contributed by atoms with van der Waals surface area (Å²) in [5.74, 6) is -2.31. The van der Waals surface area contributed by atoms with Crippen LogP contribution >= 0.6 is 0 Å². The van der Waals surface area contributed by atoms with Crippen LogP contribution in [-0.2, 0) is 33.2 Å². The second-order valence-electron chi connectivity index (χ2n) is 9.06. The van der Waals surface area contributed by atoms with Gasteiger partial charge >= 0.3 is 12.0 Å². The first-order valence-electron chi connectivity index (χ1n) is 10.6. The number of ether oxygens (including phenoxy) is 6. The van der Waals surface area contributed by atoms with E-state index in [-0.39, 0.29) is 13.0 Å². The Kier molecular flexibility index (Phi) is 5.93. The van der Waals surface area contributed by atoms with Crippen LogP contribution in [0.25, 0.3) is 0 Å². The molecule has 4 rings (SSSR count). The van der Waals surface area contributed by atoms with E-state index in [2.05, 4.69) is 10.6 Å². The molecular weight excluding hydrogens is 420 g/mol. The number of esters is 1. The molecule has 0 aliphatic carbocycles. The predicted octanol–water partition coefficient (Wildman–Crippen LogP) is 2.14. The minimum absolute atomic E-state index is 0.273. The summed E-state index contributed by atoms with van der Waals surface area (Å²) in [5, 5.41) is 5.56. The van der Waals surface area contributed by atoms with Crippen molar-refractivity contribution in [3.05, 3.63) is 30.3 Å². The number of para-hydroxylation sites is 1. The lowest BCUT2D eigenvalue weighted by atomic mass is 9.98.